The summed E-state index contributed by atoms with van der Waals surface area (Å²) in [5, 5.41) is 0. The third-order valence-electron chi connectivity index (χ3n) is 5.37. The SMILES string of the molecule is Cc1ccccc1C1CCCN1C(=O)c1coc(C2CCOCC2)n1. The first kappa shape index (κ1) is 16.3. The number of oxazole rings is 1. The molecular weight excluding hydrogens is 316 g/mol. The molecule has 1 aromatic carbocycles. The molecule has 1 amide bonds. The van der Waals surface area contributed by atoms with Crippen LogP contribution in [-0.4, -0.2) is 35.5 Å². The normalized spacial score (nSPS) is 21.6. The zero-order valence-electron chi connectivity index (χ0n) is 14.6. The fourth-order valence-corrected chi connectivity index (χ4v) is 3.96. The lowest BCUT2D eigenvalue weighted by molar-refractivity contribution is 0.0729. The van der Waals surface area contributed by atoms with E-state index in [0.717, 1.165) is 45.4 Å². The topological polar surface area (TPSA) is 55.6 Å². The van der Waals surface area contributed by atoms with Gasteiger partial charge in [-0.25, -0.2) is 4.98 Å². The van der Waals surface area contributed by atoms with Gasteiger partial charge in [0.25, 0.3) is 5.91 Å². The molecule has 1 unspecified atom stereocenters. The molecular formula is C20H24N2O3. The number of ether oxygens (including phenoxy) is 1. The van der Waals surface area contributed by atoms with Crippen molar-refractivity contribution in [3.8, 4) is 0 Å². The standard InChI is InChI=1S/C20H24N2O3/c1-14-5-2-3-6-16(14)18-7-4-10-22(18)20(23)17-13-25-19(21-17)15-8-11-24-12-9-15/h2-3,5-6,13,15,18H,4,7-12H2,1H3. The Bertz CT molecular complexity index is 749. The molecule has 2 saturated heterocycles. The number of amides is 1. The number of carbonyl (C=O) groups excluding carboxylic acids is 1. The van der Waals surface area contributed by atoms with Crippen LogP contribution in [0.1, 0.15) is 65.1 Å². The number of aryl methyl sites for hydroxylation is 1. The molecule has 0 radical (unpaired) electrons. The molecule has 4 rings (SSSR count). The van der Waals surface area contributed by atoms with Crippen molar-refractivity contribution in [2.45, 2.75) is 44.6 Å². The maximum Gasteiger partial charge on any atom is 0.276 e. The zero-order valence-corrected chi connectivity index (χ0v) is 14.6. The zero-order chi connectivity index (χ0) is 17.2. The maximum atomic E-state index is 13.0. The fraction of sp³-hybridized carbons (Fsp3) is 0.500. The molecule has 1 atom stereocenters. The highest BCUT2D eigenvalue weighted by Gasteiger charge is 2.33. The summed E-state index contributed by atoms with van der Waals surface area (Å²) in [6.45, 7) is 4.35. The lowest BCUT2D eigenvalue weighted by atomic mass is 9.99. The van der Waals surface area contributed by atoms with Crippen molar-refractivity contribution in [1.29, 1.82) is 0 Å². The molecule has 5 nitrogen and oxygen atoms in total. The van der Waals surface area contributed by atoms with E-state index in [4.69, 9.17) is 9.15 Å². The summed E-state index contributed by atoms with van der Waals surface area (Å²) in [7, 11) is 0. The molecule has 5 heteroatoms. The third-order valence-corrected chi connectivity index (χ3v) is 5.37. The lowest BCUT2D eigenvalue weighted by Gasteiger charge is -2.25. The number of nitrogens with zero attached hydrogens (tertiary/aromatic N) is 2. The van der Waals surface area contributed by atoms with Crippen molar-refractivity contribution in [3.63, 3.8) is 0 Å². The highest BCUT2D eigenvalue weighted by molar-refractivity contribution is 5.92. The molecule has 2 aliphatic heterocycles. The van der Waals surface area contributed by atoms with Crippen molar-refractivity contribution in [2.24, 2.45) is 0 Å². The Balaban J connectivity index is 1.54. The van der Waals surface area contributed by atoms with Gasteiger partial charge in [-0.05, 0) is 43.7 Å². The van der Waals surface area contributed by atoms with Gasteiger partial charge in [0, 0.05) is 25.7 Å². The summed E-state index contributed by atoms with van der Waals surface area (Å²) in [6, 6.07) is 8.45. The minimum Gasteiger partial charge on any atom is -0.448 e. The van der Waals surface area contributed by atoms with Crippen molar-refractivity contribution in [2.75, 3.05) is 19.8 Å². The Hall–Kier alpha value is -2.14. The quantitative estimate of drug-likeness (QED) is 0.851. The van der Waals surface area contributed by atoms with Crippen LogP contribution < -0.4 is 0 Å². The van der Waals surface area contributed by atoms with Crippen LogP contribution in [0.4, 0.5) is 0 Å². The van der Waals surface area contributed by atoms with Gasteiger partial charge in [-0.1, -0.05) is 24.3 Å². The Labute approximate surface area is 148 Å². The van der Waals surface area contributed by atoms with Crippen LogP contribution in [0.3, 0.4) is 0 Å². The second-order valence-electron chi connectivity index (χ2n) is 6.97. The average Bonchev–Trinajstić information content (AvgIpc) is 3.32. The summed E-state index contributed by atoms with van der Waals surface area (Å²) >= 11 is 0. The molecule has 2 fully saturated rings. The first-order valence-electron chi connectivity index (χ1n) is 9.13. The van der Waals surface area contributed by atoms with Crippen molar-refractivity contribution in [1.82, 2.24) is 9.88 Å². The smallest absolute Gasteiger partial charge is 0.276 e. The Morgan fingerprint density at radius 3 is 2.80 bits per heavy atom. The third kappa shape index (κ3) is 3.21. The van der Waals surface area contributed by atoms with Crippen LogP contribution in [0.5, 0.6) is 0 Å². The molecule has 2 aromatic rings. The number of likely N-dealkylation sites (tertiary alicyclic amines) is 1. The lowest BCUT2D eigenvalue weighted by Crippen LogP contribution is -2.31. The van der Waals surface area contributed by atoms with Crippen LogP contribution >= 0.6 is 0 Å². The highest BCUT2D eigenvalue weighted by Crippen LogP contribution is 2.35. The van der Waals surface area contributed by atoms with Crippen LogP contribution in [0.2, 0.25) is 0 Å². The second-order valence-corrected chi connectivity index (χ2v) is 6.97. The molecule has 0 N–H and O–H groups in total. The van der Waals surface area contributed by atoms with E-state index in [-0.39, 0.29) is 17.9 Å². The maximum absolute atomic E-state index is 13.0. The Morgan fingerprint density at radius 2 is 2.00 bits per heavy atom. The largest absolute Gasteiger partial charge is 0.448 e. The predicted octanol–water partition coefficient (Wildman–Crippen LogP) is 3.85. The molecule has 25 heavy (non-hydrogen) atoms. The number of rotatable bonds is 3. The van der Waals surface area contributed by atoms with Gasteiger partial charge in [0.05, 0.1) is 6.04 Å². The number of hydrogen-bond acceptors (Lipinski definition) is 4. The first-order valence-corrected chi connectivity index (χ1v) is 9.13. The molecule has 3 heterocycles. The van der Waals surface area contributed by atoms with E-state index >= 15 is 0 Å². The van der Waals surface area contributed by atoms with E-state index in [0.29, 0.717) is 11.6 Å². The number of carbonyl (C=O) groups is 1. The fourth-order valence-electron chi connectivity index (χ4n) is 3.96. The van der Waals surface area contributed by atoms with E-state index in [9.17, 15) is 4.79 Å². The molecule has 0 aliphatic carbocycles. The van der Waals surface area contributed by atoms with Crippen molar-refractivity contribution >= 4 is 5.91 Å². The average molecular weight is 340 g/mol. The van der Waals surface area contributed by atoms with Gasteiger partial charge >= 0.3 is 0 Å². The van der Waals surface area contributed by atoms with Gasteiger partial charge in [-0.15, -0.1) is 0 Å². The van der Waals surface area contributed by atoms with Gasteiger partial charge in [-0.3, -0.25) is 4.79 Å². The minimum absolute atomic E-state index is 0.0205. The molecule has 0 spiro atoms. The van der Waals surface area contributed by atoms with Gasteiger partial charge in [0.1, 0.15) is 6.26 Å². The van der Waals surface area contributed by atoms with Gasteiger partial charge < -0.3 is 14.1 Å². The van der Waals surface area contributed by atoms with Gasteiger partial charge in [-0.2, -0.15) is 0 Å². The van der Waals surface area contributed by atoms with E-state index in [1.54, 1.807) is 0 Å². The number of hydrogen-bond donors (Lipinski definition) is 0. The van der Waals surface area contributed by atoms with Crippen LogP contribution in [0, 0.1) is 6.92 Å². The summed E-state index contributed by atoms with van der Waals surface area (Å²) in [5.74, 6) is 0.923. The van der Waals surface area contributed by atoms with E-state index in [2.05, 4.69) is 24.0 Å². The van der Waals surface area contributed by atoms with Gasteiger partial charge in [0.15, 0.2) is 11.6 Å². The summed E-state index contributed by atoms with van der Waals surface area (Å²) in [4.78, 5) is 19.5. The number of aromatic nitrogens is 1. The van der Waals surface area contributed by atoms with Gasteiger partial charge in [0.2, 0.25) is 0 Å². The minimum atomic E-state index is -0.0205. The van der Waals surface area contributed by atoms with Crippen LogP contribution in [-0.2, 0) is 4.74 Å². The van der Waals surface area contributed by atoms with Crippen LogP contribution in [0.15, 0.2) is 34.9 Å². The van der Waals surface area contributed by atoms with Crippen LogP contribution in [0.25, 0.3) is 0 Å². The van der Waals surface area contributed by atoms with E-state index in [1.165, 1.54) is 17.4 Å². The predicted molar refractivity (Wildman–Crippen MR) is 93.5 cm³/mol. The number of benzene rings is 1. The summed E-state index contributed by atoms with van der Waals surface area (Å²) in [6.07, 6.45) is 5.37. The summed E-state index contributed by atoms with van der Waals surface area (Å²) < 4.78 is 11.0. The molecule has 1 aromatic heterocycles. The molecule has 0 saturated carbocycles. The van der Waals surface area contributed by atoms with E-state index < -0.39 is 0 Å². The monoisotopic (exact) mass is 340 g/mol. The molecule has 2 aliphatic rings. The highest BCUT2D eigenvalue weighted by atomic mass is 16.5. The Kier molecular flexibility index (Phi) is 4.57. The van der Waals surface area contributed by atoms with Crippen molar-refractivity contribution in [3.05, 3.63) is 53.2 Å². The molecule has 0 bridgehead atoms. The van der Waals surface area contributed by atoms with E-state index in [1.807, 2.05) is 17.0 Å². The Morgan fingerprint density at radius 1 is 1.20 bits per heavy atom. The summed E-state index contributed by atoms with van der Waals surface area (Å²) in [5.41, 5.74) is 2.90. The first-order chi connectivity index (χ1) is 12.2. The second kappa shape index (κ2) is 7.00. The molecule has 132 valence electrons. The van der Waals surface area contributed by atoms with Crippen molar-refractivity contribution < 1.29 is 13.9 Å².